The Labute approximate surface area is 220 Å². The summed E-state index contributed by atoms with van der Waals surface area (Å²) in [6.07, 6.45) is 0. The van der Waals surface area contributed by atoms with E-state index in [-0.39, 0.29) is 11.0 Å². The van der Waals surface area contributed by atoms with E-state index in [0.29, 0.717) is 27.8 Å². The van der Waals surface area contributed by atoms with E-state index in [1.54, 1.807) is 89.6 Å². The zero-order chi connectivity index (χ0) is 26.8. The lowest BCUT2D eigenvalue weighted by Gasteiger charge is -2.26. The quantitative estimate of drug-likeness (QED) is 0.281. The number of nitrogens with zero attached hydrogens (tertiary/aromatic N) is 2. The maximum Gasteiger partial charge on any atom is 0.324 e. The number of benzene rings is 3. The number of halogens is 1. The molecule has 0 fully saturated rings. The van der Waals surface area contributed by atoms with Crippen LogP contribution in [0.4, 0.5) is 16.3 Å². The second-order valence-electron chi connectivity index (χ2n) is 9.65. The number of amides is 3. The van der Waals surface area contributed by atoms with Gasteiger partial charge < -0.3 is 16.2 Å². The molecule has 0 spiro atoms. The van der Waals surface area contributed by atoms with Crippen LogP contribution in [0.5, 0.6) is 0 Å². The predicted molar refractivity (Wildman–Crippen MR) is 145 cm³/mol. The zero-order valence-corrected chi connectivity index (χ0v) is 21.5. The highest BCUT2D eigenvalue weighted by molar-refractivity contribution is 6.30. The van der Waals surface area contributed by atoms with Gasteiger partial charge in [-0.05, 0) is 47.5 Å². The van der Waals surface area contributed by atoms with Crippen molar-refractivity contribution in [2.45, 2.75) is 31.8 Å². The Morgan fingerprint density at radius 3 is 2.16 bits per heavy atom. The third-order valence-corrected chi connectivity index (χ3v) is 6.13. The predicted octanol–water partition coefficient (Wildman–Crippen LogP) is 5.19. The van der Waals surface area contributed by atoms with E-state index in [2.05, 4.69) is 10.6 Å². The van der Waals surface area contributed by atoms with Crippen molar-refractivity contribution in [3.8, 4) is 5.69 Å². The smallest absolute Gasteiger partial charge is 0.324 e. The molecule has 190 valence electrons. The number of anilines is 2. The summed E-state index contributed by atoms with van der Waals surface area (Å²) in [6.45, 7) is 6.03. The second kappa shape index (κ2) is 10.1. The fraction of sp³-hybridized carbons (Fsp3) is 0.179. The van der Waals surface area contributed by atoms with Crippen molar-refractivity contribution in [1.29, 1.82) is 0 Å². The van der Waals surface area contributed by atoms with E-state index >= 15 is 0 Å². The Balaban J connectivity index is 1.74. The minimum Gasteiger partial charge on any atom is -0.372 e. The number of hydrogen-bond acceptors (Lipinski definition) is 4. The highest BCUT2D eigenvalue weighted by Crippen LogP contribution is 2.32. The number of primary amides is 1. The van der Waals surface area contributed by atoms with Crippen molar-refractivity contribution in [2.75, 3.05) is 10.6 Å². The number of aliphatic hydroxyl groups is 1. The van der Waals surface area contributed by atoms with Crippen molar-refractivity contribution in [3.05, 3.63) is 107 Å². The first-order chi connectivity index (χ1) is 17.5. The molecule has 9 heteroatoms. The van der Waals surface area contributed by atoms with Gasteiger partial charge in [0.1, 0.15) is 5.82 Å². The van der Waals surface area contributed by atoms with Gasteiger partial charge in [-0.1, -0.05) is 74.8 Å². The van der Waals surface area contributed by atoms with Gasteiger partial charge in [0.15, 0.2) is 5.60 Å². The Hall–Kier alpha value is -4.14. The van der Waals surface area contributed by atoms with Crippen LogP contribution in [0.2, 0.25) is 5.02 Å². The minimum absolute atomic E-state index is 0.271. The maximum atomic E-state index is 12.8. The fourth-order valence-corrected chi connectivity index (χ4v) is 3.96. The van der Waals surface area contributed by atoms with Crippen molar-refractivity contribution in [2.24, 2.45) is 5.73 Å². The number of hydrogen-bond donors (Lipinski definition) is 4. The Morgan fingerprint density at radius 1 is 0.892 bits per heavy atom. The number of aromatic nitrogens is 2. The monoisotopic (exact) mass is 517 g/mol. The Kier molecular flexibility index (Phi) is 7.07. The lowest BCUT2D eigenvalue weighted by molar-refractivity contribution is -0.133. The number of nitrogens with one attached hydrogen (secondary N) is 2. The van der Waals surface area contributed by atoms with Crippen molar-refractivity contribution in [1.82, 2.24) is 9.78 Å². The second-order valence-corrected chi connectivity index (χ2v) is 10.1. The summed E-state index contributed by atoms with van der Waals surface area (Å²) in [5.41, 5.74) is 5.74. The lowest BCUT2D eigenvalue weighted by Crippen LogP contribution is -2.42. The standard InChI is InChI=1S/C28H28ClN5O3/c1-27(2,3)23-17-24(32-26(36)31-21-14-12-20(29)13-15-21)34(33-23)22-11-7-10-19(16-22)28(37,25(30)35)18-8-5-4-6-9-18/h4-17,37H,1-3H3,(H2,30,35)(H2,31,32,36). The molecule has 0 bridgehead atoms. The van der Waals surface area contributed by atoms with E-state index < -0.39 is 17.5 Å². The maximum absolute atomic E-state index is 12.8. The molecule has 0 saturated carbocycles. The topological polar surface area (TPSA) is 122 Å². The normalized spacial score (nSPS) is 13.0. The Morgan fingerprint density at radius 2 is 1.54 bits per heavy atom. The average molecular weight is 518 g/mol. The molecule has 1 heterocycles. The van der Waals surface area contributed by atoms with Gasteiger partial charge in [0, 0.05) is 22.2 Å². The molecule has 37 heavy (non-hydrogen) atoms. The molecule has 4 rings (SSSR count). The van der Waals surface area contributed by atoms with E-state index in [1.165, 1.54) is 0 Å². The zero-order valence-electron chi connectivity index (χ0n) is 20.7. The van der Waals surface area contributed by atoms with Crippen molar-refractivity contribution >= 4 is 35.0 Å². The molecule has 5 N–H and O–H groups in total. The molecule has 1 unspecified atom stereocenters. The van der Waals surface area contributed by atoms with E-state index in [1.807, 2.05) is 20.8 Å². The van der Waals surface area contributed by atoms with Gasteiger partial charge in [-0.3, -0.25) is 10.1 Å². The van der Waals surface area contributed by atoms with Gasteiger partial charge in [0.25, 0.3) is 5.91 Å². The summed E-state index contributed by atoms with van der Waals surface area (Å²) in [5.74, 6) is -0.511. The first kappa shape index (κ1) is 25.9. The minimum atomic E-state index is -2.06. The van der Waals surface area contributed by atoms with Crippen molar-refractivity contribution < 1.29 is 14.7 Å². The molecule has 0 aliphatic heterocycles. The average Bonchev–Trinajstić information content (AvgIpc) is 3.29. The largest absolute Gasteiger partial charge is 0.372 e. The number of nitrogens with two attached hydrogens (primary N) is 1. The number of carbonyl (C=O) groups excluding carboxylic acids is 2. The third kappa shape index (κ3) is 5.50. The Bertz CT molecular complexity index is 1430. The molecule has 8 nitrogen and oxygen atoms in total. The van der Waals surface area contributed by atoms with Crippen LogP contribution in [0.15, 0.2) is 84.9 Å². The molecular formula is C28H28ClN5O3. The molecule has 1 aromatic heterocycles. The molecule has 3 aromatic carbocycles. The van der Waals surface area contributed by atoms with Gasteiger partial charge in [0.05, 0.1) is 11.4 Å². The molecule has 0 radical (unpaired) electrons. The number of rotatable bonds is 6. The molecule has 0 saturated heterocycles. The summed E-state index contributed by atoms with van der Waals surface area (Å²) in [4.78, 5) is 25.3. The van der Waals surface area contributed by atoms with Crippen LogP contribution in [-0.2, 0) is 15.8 Å². The lowest BCUT2D eigenvalue weighted by atomic mass is 9.85. The first-order valence-corrected chi connectivity index (χ1v) is 12.0. The van der Waals surface area contributed by atoms with Gasteiger partial charge in [-0.15, -0.1) is 0 Å². The van der Waals surface area contributed by atoms with Gasteiger partial charge in [0.2, 0.25) is 0 Å². The molecule has 4 aromatic rings. The SMILES string of the molecule is CC(C)(C)c1cc(NC(=O)Nc2ccc(Cl)cc2)n(-c2cccc(C(O)(C(N)=O)c3ccccc3)c2)n1. The van der Waals surface area contributed by atoms with Crippen LogP contribution in [0.1, 0.15) is 37.6 Å². The molecule has 1 atom stereocenters. The van der Waals surface area contributed by atoms with Gasteiger partial charge >= 0.3 is 6.03 Å². The van der Waals surface area contributed by atoms with Crippen LogP contribution < -0.4 is 16.4 Å². The summed E-state index contributed by atoms with van der Waals surface area (Å²) < 4.78 is 1.55. The summed E-state index contributed by atoms with van der Waals surface area (Å²) in [7, 11) is 0. The van der Waals surface area contributed by atoms with Gasteiger partial charge in [-0.25, -0.2) is 9.48 Å². The van der Waals surface area contributed by atoms with Crippen LogP contribution in [0, 0.1) is 0 Å². The van der Waals surface area contributed by atoms with Gasteiger partial charge in [-0.2, -0.15) is 5.10 Å². The van der Waals surface area contributed by atoms with E-state index in [4.69, 9.17) is 22.4 Å². The number of carbonyl (C=O) groups is 2. The fourth-order valence-electron chi connectivity index (χ4n) is 3.84. The highest BCUT2D eigenvalue weighted by atomic mass is 35.5. The molecule has 0 aliphatic carbocycles. The van der Waals surface area contributed by atoms with Crippen molar-refractivity contribution in [3.63, 3.8) is 0 Å². The number of urea groups is 1. The van der Waals surface area contributed by atoms with Crippen LogP contribution in [-0.4, -0.2) is 26.8 Å². The van der Waals surface area contributed by atoms with Crippen LogP contribution in [0.25, 0.3) is 5.69 Å². The summed E-state index contributed by atoms with van der Waals surface area (Å²) in [6, 6.07) is 23.2. The summed E-state index contributed by atoms with van der Waals surface area (Å²) in [5, 5.41) is 22.3. The van der Waals surface area contributed by atoms with E-state index in [0.717, 1.165) is 5.69 Å². The summed E-state index contributed by atoms with van der Waals surface area (Å²) >= 11 is 5.93. The van der Waals surface area contributed by atoms with Crippen LogP contribution in [0.3, 0.4) is 0 Å². The highest BCUT2D eigenvalue weighted by Gasteiger charge is 2.38. The molecule has 0 aliphatic rings. The van der Waals surface area contributed by atoms with Crippen LogP contribution >= 0.6 is 11.6 Å². The molecule has 3 amide bonds. The van der Waals surface area contributed by atoms with E-state index in [9.17, 15) is 14.7 Å². The molecular weight excluding hydrogens is 490 g/mol. The first-order valence-electron chi connectivity index (χ1n) is 11.6. The third-order valence-electron chi connectivity index (χ3n) is 5.88.